The Balaban J connectivity index is 2.33. The number of hydrogen-bond acceptors (Lipinski definition) is 1. The van der Waals surface area contributed by atoms with Crippen molar-refractivity contribution in [3.63, 3.8) is 0 Å². The average Bonchev–Trinajstić information content (AvgIpc) is 2.44. The lowest BCUT2D eigenvalue weighted by Crippen LogP contribution is -2.24. The van der Waals surface area contributed by atoms with Gasteiger partial charge in [0.1, 0.15) is 5.82 Å². The normalized spacial score (nSPS) is 12.4. The Labute approximate surface area is 127 Å². The van der Waals surface area contributed by atoms with E-state index in [0.29, 0.717) is 0 Å². The maximum absolute atomic E-state index is 13.3. The summed E-state index contributed by atoms with van der Waals surface area (Å²) in [6.45, 7) is 9.33. The number of benzene rings is 2. The highest BCUT2D eigenvalue weighted by atomic mass is 19.1. The minimum atomic E-state index is -0.164. The zero-order valence-electron chi connectivity index (χ0n) is 13.3. The van der Waals surface area contributed by atoms with Crippen molar-refractivity contribution in [2.24, 2.45) is 0 Å². The molecule has 2 heteroatoms. The molecule has 0 spiro atoms. The fourth-order valence-electron chi connectivity index (χ4n) is 2.80. The summed E-state index contributed by atoms with van der Waals surface area (Å²) in [6.07, 6.45) is 0.879. The summed E-state index contributed by atoms with van der Waals surface area (Å²) >= 11 is 0. The lowest BCUT2D eigenvalue weighted by atomic mass is 9.91. The summed E-state index contributed by atoms with van der Waals surface area (Å²) in [4.78, 5) is 0. The predicted octanol–water partition coefficient (Wildman–Crippen LogP) is 4.64. The van der Waals surface area contributed by atoms with Gasteiger partial charge in [0.2, 0.25) is 0 Å². The molecule has 0 fully saturated rings. The number of halogens is 1. The van der Waals surface area contributed by atoms with Crippen LogP contribution in [0.2, 0.25) is 0 Å². The standard InChI is InChI=1S/C19H24FN/c1-5-21-19(18-8-6-7-13(2)15(18)4)12-16-9-10-17(20)11-14(16)3/h6-11,19,21H,5,12H2,1-4H3. The molecule has 2 aromatic rings. The topological polar surface area (TPSA) is 12.0 Å². The van der Waals surface area contributed by atoms with Crippen LogP contribution >= 0.6 is 0 Å². The highest BCUT2D eigenvalue weighted by Gasteiger charge is 2.15. The Morgan fingerprint density at radius 2 is 1.81 bits per heavy atom. The fourth-order valence-corrected chi connectivity index (χ4v) is 2.80. The summed E-state index contributed by atoms with van der Waals surface area (Å²) in [6, 6.07) is 11.8. The van der Waals surface area contributed by atoms with E-state index in [1.54, 1.807) is 12.1 Å². The lowest BCUT2D eigenvalue weighted by Gasteiger charge is -2.22. The largest absolute Gasteiger partial charge is 0.310 e. The molecule has 1 atom stereocenters. The van der Waals surface area contributed by atoms with Crippen LogP contribution in [0.1, 0.15) is 40.8 Å². The number of rotatable bonds is 5. The fraction of sp³-hybridized carbons (Fsp3) is 0.368. The molecular formula is C19H24FN. The molecule has 0 amide bonds. The molecule has 2 rings (SSSR count). The lowest BCUT2D eigenvalue weighted by molar-refractivity contribution is 0.544. The van der Waals surface area contributed by atoms with E-state index in [0.717, 1.165) is 18.5 Å². The molecule has 0 bridgehead atoms. The van der Waals surface area contributed by atoms with Crippen LogP contribution in [0.15, 0.2) is 36.4 Å². The summed E-state index contributed by atoms with van der Waals surface area (Å²) < 4.78 is 13.3. The van der Waals surface area contributed by atoms with Crippen LogP contribution < -0.4 is 5.32 Å². The minimum Gasteiger partial charge on any atom is -0.310 e. The van der Waals surface area contributed by atoms with Crippen molar-refractivity contribution in [1.29, 1.82) is 0 Å². The van der Waals surface area contributed by atoms with Crippen molar-refractivity contribution in [2.75, 3.05) is 6.54 Å². The summed E-state index contributed by atoms with van der Waals surface area (Å²) in [5, 5.41) is 3.56. The molecule has 0 aromatic heterocycles. The molecule has 2 aromatic carbocycles. The van der Waals surface area contributed by atoms with Gasteiger partial charge in [0.05, 0.1) is 0 Å². The van der Waals surface area contributed by atoms with Crippen LogP contribution in [0, 0.1) is 26.6 Å². The Morgan fingerprint density at radius 1 is 1.05 bits per heavy atom. The van der Waals surface area contributed by atoms with E-state index in [-0.39, 0.29) is 11.9 Å². The van der Waals surface area contributed by atoms with Crippen molar-refractivity contribution in [3.05, 3.63) is 70.0 Å². The third kappa shape index (κ3) is 3.70. The zero-order chi connectivity index (χ0) is 15.4. The van der Waals surface area contributed by atoms with Gasteiger partial charge in [-0.05, 0) is 73.7 Å². The maximum Gasteiger partial charge on any atom is 0.123 e. The molecule has 0 saturated carbocycles. The molecule has 0 heterocycles. The van der Waals surface area contributed by atoms with Crippen molar-refractivity contribution in [1.82, 2.24) is 5.32 Å². The molecule has 0 aliphatic carbocycles. The van der Waals surface area contributed by atoms with Crippen molar-refractivity contribution in [2.45, 2.75) is 40.2 Å². The van der Waals surface area contributed by atoms with Crippen LogP contribution in [0.3, 0.4) is 0 Å². The van der Waals surface area contributed by atoms with Crippen molar-refractivity contribution < 1.29 is 4.39 Å². The van der Waals surface area contributed by atoms with Gasteiger partial charge in [-0.1, -0.05) is 31.2 Å². The minimum absolute atomic E-state index is 0.164. The first kappa shape index (κ1) is 15.7. The monoisotopic (exact) mass is 285 g/mol. The Kier molecular flexibility index (Phi) is 5.13. The van der Waals surface area contributed by atoms with Gasteiger partial charge in [-0.3, -0.25) is 0 Å². The van der Waals surface area contributed by atoms with Gasteiger partial charge < -0.3 is 5.32 Å². The molecule has 0 aliphatic rings. The molecule has 1 N–H and O–H groups in total. The highest BCUT2D eigenvalue weighted by molar-refractivity contribution is 5.37. The van der Waals surface area contributed by atoms with E-state index < -0.39 is 0 Å². The van der Waals surface area contributed by atoms with Crippen LogP contribution in [0.25, 0.3) is 0 Å². The maximum atomic E-state index is 13.3. The molecule has 0 radical (unpaired) electrons. The number of aryl methyl sites for hydroxylation is 2. The van der Waals surface area contributed by atoms with E-state index >= 15 is 0 Å². The van der Waals surface area contributed by atoms with Crippen molar-refractivity contribution >= 4 is 0 Å². The van der Waals surface area contributed by atoms with E-state index in [2.05, 4.69) is 44.3 Å². The van der Waals surface area contributed by atoms with Gasteiger partial charge in [0.25, 0.3) is 0 Å². The van der Waals surface area contributed by atoms with Gasteiger partial charge in [0, 0.05) is 6.04 Å². The third-order valence-corrected chi connectivity index (χ3v) is 4.20. The van der Waals surface area contributed by atoms with Gasteiger partial charge >= 0.3 is 0 Å². The van der Waals surface area contributed by atoms with Crippen molar-refractivity contribution in [3.8, 4) is 0 Å². The smallest absolute Gasteiger partial charge is 0.123 e. The molecule has 1 unspecified atom stereocenters. The van der Waals surface area contributed by atoms with Crippen LogP contribution in [-0.4, -0.2) is 6.54 Å². The van der Waals surface area contributed by atoms with Gasteiger partial charge in [-0.2, -0.15) is 0 Å². The second-order valence-corrected chi connectivity index (χ2v) is 5.67. The number of likely N-dealkylation sites (N-methyl/N-ethyl adjacent to an activating group) is 1. The van der Waals surface area contributed by atoms with Crippen LogP contribution in [0.5, 0.6) is 0 Å². The van der Waals surface area contributed by atoms with E-state index in [1.165, 1.54) is 22.3 Å². The first-order valence-corrected chi connectivity index (χ1v) is 7.57. The zero-order valence-corrected chi connectivity index (χ0v) is 13.3. The second-order valence-electron chi connectivity index (χ2n) is 5.67. The Hall–Kier alpha value is -1.67. The third-order valence-electron chi connectivity index (χ3n) is 4.20. The SMILES string of the molecule is CCNC(Cc1ccc(F)cc1C)c1cccc(C)c1C. The van der Waals surface area contributed by atoms with Crippen LogP contribution in [0.4, 0.5) is 4.39 Å². The van der Waals surface area contributed by atoms with Gasteiger partial charge in [-0.25, -0.2) is 4.39 Å². The first-order valence-electron chi connectivity index (χ1n) is 7.57. The Morgan fingerprint density at radius 3 is 2.48 bits per heavy atom. The van der Waals surface area contributed by atoms with E-state index in [9.17, 15) is 4.39 Å². The highest BCUT2D eigenvalue weighted by Crippen LogP contribution is 2.25. The van der Waals surface area contributed by atoms with E-state index in [4.69, 9.17) is 0 Å². The molecule has 21 heavy (non-hydrogen) atoms. The first-order chi connectivity index (χ1) is 10.0. The summed E-state index contributed by atoms with van der Waals surface area (Å²) in [5.41, 5.74) is 6.20. The van der Waals surface area contributed by atoms with Gasteiger partial charge in [0.15, 0.2) is 0 Å². The average molecular weight is 285 g/mol. The molecule has 112 valence electrons. The number of nitrogens with one attached hydrogen (secondary N) is 1. The van der Waals surface area contributed by atoms with Gasteiger partial charge in [-0.15, -0.1) is 0 Å². The summed E-state index contributed by atoms with van der Waals surface area (Å²) in [5.74, 6) is -0.164. The second kappa shape index (κ2) is 6.86. The number of hydrogen-bond donors (Lipinski definition) is 1. The molecule has 0 saturated heterocycles. The predicted molar refractivity (Wildman–Crippen MR) is 87.2 cm³/mol. The van der Waals surface area contributed by atoms with E-state index in [1.807, 2.05) is 13.0 Å². The van der Waals surface area contributed by atoms with Crippen LogP contribution in [-0.2, 0) is 6.42 Å². The molecule has 1 nitrogen and oxygen atoms in total. The quantitative estimate of drug-likeness (QED) is 0.843. The summed E-state index contributed by atoms with van der Waals surface area (Å²) in [7, 11) is 0. The molecular weight excluding hydrogens is 261 g/mol. The Bertz CT molecular complexity index is 619. The molecule has 0 aliphatic heterocycles.